The van der Waals surface area contributed by atoms with E-state index in [-0.39, 0.29) is 18.0 Å². The van der Waals surface area contributed by atoms with Gasteiger partial charge in [-0.05, 0) is 56.0 Å². The summed E-state index contributed by atoms with van der Waals surface area (Å²) in [5.74, 6) is 0.0883. The van der Waals surface area contributed by atoms with Crippen molar-refractivity contribution in [2.45, 2.75) is 44.4 Å². The van der Waals surface area contributed by atoms with Crippen molar-refractivity contribution in [1.29, 1.82) is 0 Å². The molecule has 1 N–H and O–H groups in total. The van der Waals surface area contributed by atoms with Crippen molar-refractivity contribution in [3.63, 3.8) is 0 Å². The van der Waals surface area contributed by atoms with Crippen LogP contribution >= 0.6 is 0 Å². The lowest BCUT2D eigenvalue weighted by Gasteiger charge is -2.21. The van der Waals surface area contributed by atoms with E-state index in [1.807, 2.05) is 37.3 Å². The Morgan fingerprint density at radius 2 is 1.77 bits per heavy atom. The van der Waals surface area contributed by atoms with Crippen molar-refractivity contribution in [1.82, 2.24) is 9.73 Å². The van der Waals surface area contributed by atoms with Gasteiger partial charge in [-0.25, -0.2) is 13.8 Å². The molecule has 2 aromatic carbocycles. The second-order valence-corrected chi connectivity index (χ2v) is 9.17. The van der Waals surface area contributed by atoms with Gasteiger partial charge in [0, 0.05) is 12.3 Å². The maximum atomic E-state index is 13.2. The Kier molecular flexibility index (Phi) is 9.68. The summed E-state index contributed by atoms with van der Waals surface area (Å²) in [6.07, 6.45) is 3.30. The second-order valence-electron chi connectivity index (χ2n) is 7.24. The number of hydrogen-bond donors (Lipinski definition) is 1. The minimum Gasteiger partial charge on any atom is -0.497 e. The molecule has 0 aromatic heterocycles. The lowest BCUT2D eigenvalue weighted by Crippen LogP contribution is -2.40. The minimum atomic E-state index is -3.88. The van der Waals surface area contributed by atoms with Gasteiger partial charge in [0.05, 0.1) is 18.6 Å². The van der Waals surface area contributed by atoms with Gasteiger partial charge in [0.1, 0.15) is 5.75 Å². The Balaban J connectivity index is 2.17. The molecule has 0 saturated heterocycles. The average Bonchev–Trinajstić information content (AvgIpc) is 2.79. The van der Waals surface area contributed by atoms with E-state index in [1.165, 1.54) is 23.5 Å². The second kappa shape index (κ2) is 12.2. The summed E-state index contributed by atoms with van der Waals surface area (Å²) in [5, 5.41) is 4.09. The molecule has 1 amide bonds. The van der Waals surface area contributed by atoms with Crippen molar-refractivity contribution in [2.24, 2.45) is 5.10 Å². The molecular formula is C23H31N3O4S. The van der Waals surface area contributed by atoms with Crippen LogP contribution in [0.4, 0.5) is 0 Å². The first kappa shape index (κ1) is 24.6. The molecule has 2 rings (SSSR count). The summed E-state index contributed by atoms with van der Waals surface area (Å²) in [5.41, 5.74) is 4.29. The predicted octanol–water partition coefficient (Wildman–Crippen LogP) is 3.61. The first-order valence-electron chi connectivity index (χ1n) is 10.4. The number of amides is 1. The number of carbonyl (C=O) groups excluding carboxylic acids is 1. The van der Waals surface area contributed by atoms with Gasteiger partial charge in [-0.2, -0.15) is 9.41 Å². The molecule has 168 valence electrons. The summed E-state index contributed by atoms with van der Waals surface area (Å²) in [6, 6.07) is 15.7. The Hall–Kier alpha value is -2.71. The average molecular weight is 446 g/mol. The van der Waals surface area contributed by atoms with Crippen LogP contribution in [0.15, 0.2) is 64.6 Å². The molecule has 0 fully saturated rings. The highest BCUT2D eigenvalue weighted by Gasteiger charge is 2.26. The number of benzene rings is 2. The molecule has 0 atom stereocenters. The van der Waals surface area contributed by atoms with Gasteiger partial charge < -0.3 is 4.74 Å². The lowest BCUT2D eigenvalue weighted by atomic mass is 10.1. The Morgan fingerprint density at radius 1 is 1.10 bits per heavy atom. The molecule has 0 aliphatic heterocycles. The fourth-order valence-corrected chi connectivity index (χ4v) is 4.32. The molecule has 2 aromatic rings. The number of hydrogen-bond acceptors (Lipinski definition) is 5. The fourth-order valence-electron chi connectivity index (χ4n) is 2.92. The van der Waals surface area contributed by atoms with Crippen LogP contribution in [0.1, 0.15) is 38.7 Å². The number of nitrogens with zero attached hydrogens (tertiary/aromatic N) is 2. The number of unbranched alkanes of at least 4 members (excludes halogenated alkanes) is 1. The topological polar surface area (TPSA) is 88.1 Å². The highest BCUT2D eigenvalue weighted by molar-refractivity contribution is 7.89. The van der Waals surface area contributed by atoms with Gasteiger partial charge >= 0.3 is 0 Å². The third-order valence-electron chi connectivity index (χ3n) is 4.77. The third kappa shape index (κ3) is 7.80. The van der Waals surface area contributed by atoms with E-state index in [0.29, 0.717) is 12.2 Å². The van der Waals surface area contributed by atoms with E-state index in [2.05, 4.69) is 17.5 Å². The van der Waals surface area contributed by atoms with Gasteiger partial charge in [-0.3, -0.25) is 4.79 Å². The largest absolute Gasteiger partial charge is 0.497 e. The van der Waals surface area contributed by atoms with Crippen LogP contribution in [0.3, 0.4) is 0 Å². The summed E-state index contributed by atoms with van der Waals surface area (Å²) >= 11 is 0. The summed E-state index contributed by atoms with van der Waals surface area (Å²) in [4.78, 5) is 12.6. The van der Waals surface area contributed by atoms with Gasteiger partial charge in [0.15, 0.2) is 0 Å². The zero-order chi connectivity index (χ0) is 22.7. The van der Waals surface area contributed by atoms with Gasteiger partial charge in [-0.1, -0.05) is 43.7 Å². The molecule has 0 aliphatic rings. The molecular weight excluding hydrogens is 414 g/mol. The molecule has 8 heteroatoms. The molecule has 0 bridgehead atoms. The predicted molar refractivity (Wildman–Crippen MR) is 123 cm³/mol. The number of sulfonamides is 1. The van der Waals surface area contributed by atoms with Crippen LogP contribution in [0.25, 0.3) is 0 Å². The number of carbonyl (C=O) groups is 1. The molecule has 0 radical (unpaired) electrons. The molecule has 7 nitrogen and oxygen atoms in total. The van der Waals surface area contributed by atoms with E-state index in [9.17, 15) is 13.2 Å². The fraction of sp³-hybridized carbons (Fsp3) is 0.391. The van der Waals surface area contributed by atoms with Crippen LogP contribution in [0, 0.1) is 0 Å². The minimum absolute atomic E-state index is 0.108. The lowest BCUT2D eigenvalue weighted by molar-refractivity contribution is -0.121. The van der Waals surface area contributed by atoms with E-state index >= 15 is 0 Å². The number of rotatable bonds is 12. The first-order valence-corrected chi connectivity index (χ1v) is 11.8. The zero-order valence-electron chi connectivity index (χ0n) is 18.4. The third-order valence-corrected chi connectivity index (χ3v) is 6.63. The molecule has 0 heterocycles. The maximum absolute atomic E-state index is 13.2. The van der Waals surface area contributed by atoms with Crippen molar-refractivity contribution in [3.05, 3.63) is 60.2 Å². The smallest absolute Gasteiger partial charge is 0.255 e. The SMILES string of the molecule is CCCC/C(C)=N\NC(=O)CN(CCc1ccccc1)S(=O)(=O)c1ccc(OC)cc1. The van der Waals surface area contributed by atoms with Crippen molar-refractivity contribution >= 4 is 21.6 Å². The normalized spacial score (nSPS) is 12.1. The van der Waals surface area contributed by atoms with E-state index in [0.717, 1.165) is 30.5 Å². The molecule has 0 spiro atoms. The standard InChI is InChI=1S/C23H31N3O4S/c1-4-5-9-19(2)24-25-23(27)18-26(17-16-20-10-7-6-8-11-20)31(28,29)22-14-12-21(30-3)13-15-22/h6-8,10-15H,4-5,9,16-18H2,1-3H3,(H,25,27)/b24-19-. The highest BCUT2D eigenvalue weighted by Crippen LogP contribution is 2.20. The Bertz CT molecular complexity index is 958. The van der Waals surface area contributed by atoms with E-state index in [1.54, 1.807) is 12.1 Å². The van der Waals surface area contributed by atoms with E-state index in [4.69, 9.17) is 4.74 Å². The monoisotopic (exact) mass is 445 g/mol. The number of ether oxygens (including phenoxy) is 1. The number of nitrogens with one attached hydrogen (secondary N) is 1. The summed E-state index contributed by atoms with van der Waals surface area (Å²) in [7, 11) is -2.36. The number of methoxy groups -OCH3 is 1. The van der Waals surface area contributed by atoms with Gasteiger partial charge in [0.2, 0.25) is 10.0 Å². The van der Waals surface area contributed by atoms with E-state index < -0.39 is 15.9 Å². The summed E-state index contributed by atoms with van der Waals surface area (Å²) in [6.45, 7) is 3.79. The van der Waals surface area contributed by atoms with Crippen LogP contribution in [-0.4, -0.2) is 44.5 Å². The van der Waals surface area contributed by atoms with Crippen LogP contribution < -0.4 is 10.2 Å². The van der Waals surface area contributed by atoms with Crippen molar-refractivity contribution < 1.29 is 17.9 Å². The van der Waals surface area contributed by atoms with Crippen molar-refractivity contribution in [3.8, 4) is 5.75 Å². The van der Waals surface area contributed by atoms with Crippen LogP contribution in [-0.2, 0) is 21.2 Å². The molecule has 0 saturated carbocycles. The molecule has 0 unspecified atom stereocenters. The van der Waals surface area contributed by atoms with Gasteiger partial charge in [0.25, 0.3) is 5.91 Å². The quantitative estimate of drug-likeness (QED) is 0.399. The van der Waals surface area contributed by atoms with Crippen molar-refractivity contribution in [2.75, 3.05) is 20.2 Å². The van der Waals surface area contributed by atoms with Crippen LogP contribution in [0.5, 0.6) is 5.75 Å². The zero-order valence-corrected chi connectivity index (χ0v) is 19.2. The van der Waals surface area contributed by atoms with Crippen LogP contribution in [0.2, 0.25) is 0 Å². The Labute approximate surface area is 185 Å². The number of hydrazone groups is 1. The Morgan fingerprint density at radius 3 is 2.39 bits per heavy atom. The highest BCUT2D eigenvalue weighted by atomic mass is 32.2. The van der Waals surface area contributed by atoms with Gasteiger partial charge in [-0.15, -0.1) is 0 Å². The molecule has 0 aliphatic carbocycles. The maximum Gasteiger partial charge on any atom is 0.255 e. The first-order chi connectivity index (χ1) is 14.9. The molecule has 31 heavy (non-hydrogen) atoms. The summed E-state index contributed by atoms with van der Waals surface area (Å²) < 4.78 is 32.8.